The number of benzene rings is 2. The zero-order valence-corrected chi connectivity index (χ0v) is 17.0. The minimum atomic E-state index is -0.351. The van der Waals surface area contributed by atoms with E-state index in [2.05, 4.69) is 43.2 Å². The number of anilines is 1. The molecule has 0 bridgehead atoms. The summed E-state index contributed by atoms with van der Waals surface area (Å²) in [5.41, 5.74) is 2.07. The summed E-state index contributed by atoms with van der Waals surface area (Å²) >= 11 is 3.47. The van der Waals surface area contributed by atoms with Gasteiger partial charge in [0.1, 0.15) is 17.7 Å². The second-order valence-electron chi connectivity index (χ2n) is 6.82. The van der Waals surface area contributed by atoms with Crippen molar-refractivity contribution in [3.63, 3.8) is 0 Å². The van der Waals surface area contributed by atoms with E-state index < -0.39 is 0 Å². The number of halogens is 2. The molecule has 0 N–H and O–H groups in total. The topological polar surface area (TPSA) is 55.5 Å². The van der Waals surface area contributed by atoms with Crippen LogP contribution in [0.2, 0.25) is 0 Å². The highest BCUT2D eigenvalue weighted by molar-refractivity contribution is 9.10. The zero-order chi connectivity index (χ0) is 19.8. The van der Waals surface area contributed by atoms with Crippen LogP contribution in [0.4, 0.5) is 10.2 Å². The molecule has 5 rings (SSSR count). The highest BCUT2D eigenvalue weighted by atomic mass is 79.9. The molecule has 8 heteroatoms. The molecule has 146 valence electrons. The van der Waals surface area contributed by atoms with E-state index in [4.69, 9.17) is 9.84 Å². The molecule has 0 aliphatic carbocycles. The van der Waals surface area contributed by atoms with E-state index >= 15 is 0 Å². The van der Waals surface area contributed by atoms with Gasteiger partial charge in [-0.25, -0.2) is 4.39 Å². The van der Waals surface area contributed by atoms with Crippen molar-refractivity contribution in [3.05, 3.63) is 76.5 Å². The Morgan fingerprint density at radius 1 is 1.00 bits per heavy atom. The average Bonchev–Trinajstić information content (AvgIpc) is 3.18. The van der Waals surface area contributed by atoms with E-state index in [-0.39, 0.29) is 11.9 Å². The third-order valence-electron chi connectivity index (χ3n) is 5.00. The van der Waals surface area contributed by atoms with Gasteiger partial charge >= 0.3 is 0 Å². The summed E-state index contributed by atoms with van der Waals surface area (Å²) in [4.78, 5) is 2.17. The van der Waals surface area contributed by atoms with Crippen LogP contribution in [-0.2, 0) is 4.74 Å². The Morgan fingerprint density at radius 3 is 2.66 bits per heavy atom. The van der Waals surface area contributed by atoms with Gasteiger partial charge in [0.2, 0.25) is 0 Å². The first kappa shape index (κ1) is 18.2. The second-order valence-corrected chi connectivity index (χ2v) is 7.74. The quantitative estimate of drug-likeness (QED) is 0.463. The van der Waals surface area contributed by atoms with Crippen LogP contribution in [0.15, 0.2) is 65.1 Å². The Kier molecular flexibility index (Phi) is 4.73. The van der Waals surface area contributed by atoms with Crippen LogP contribution < -0.4 is 4.90 Å². The number of nitrogens with zero attached hydrogens (tertiary/aromatic N) is 5. The maximum absolute atomic E-state index is 14.3. The number of ether oxygens (including phenoxy) is 1. The summed E-state index contributed by atoms with van der Waals surface area (Å²) in [5, 5.41) is 13.0. The highest BCUT2D eigenvalue weighted by Gasteiger charge is 2.24. The van der Waals surface area contributed by atoms with Crippen molar-refractivity contribution in [1.82, 2.24) is 19.8 Å². The van der Waals surface area contributed by atoms with Gasteiger partial charge in [-0.3, -0.25) is 0 Å². The summed E-state index contributed by atoms with van der Waals surface area (Å²) in [6.45, 7) is 2.00. The Balaban J connectivity index is 1.48. The molecular formula is C21H17BrFN5O. The molecule has 2 aromatic heterocycles. The number of rotatable bonds is 3. The number of fused-ring (bicyclic) bond motifs is 1. The van der Waals surface area contributed by atoms with Crippen LogP contribution in [0.25, 0.3) is 17.0 Å². The molecule has 6 nitrogen and oxygen atoms in total. The van der Waals surface area contributed by atoms with Crippen molar-refractivity contribution < 1.29 is 9.13 Å². The van der Waals surface area contributed by atoms with Crippen LogP contribution in [0.5, 0.6) is 0 Å². The number of hydrogen-bond donors (Lipinski definition) is 0. The Morgan fingerprint density at radius 2 is 1.83 bits per heavy atom. The van der Waals surface area contributed by atoms with Gasteiger partial charge in [0, 0.05) is 17.6 Å². The summed E-state index contributed by atoms with van der Waals surface area (Å²) in [6, 6.07) is 18.4. The van der Waals surface area contributed by atoms with Gasteiger partial charge in [0.15, 0.2) is 11.5 Å². The SMILES string of the molecule is Fc1ccccc1-c1nnc2ccc(N3CCOC(c4ccc(Br)cc4)C3)nn12. The third-order valence-corrected chi connectivity index (χ3v) is 5.52. The van der Waals surface area contributed by atoms with Crippen LogP contribution in [-0.4, -0.2) is 39.5 Å². The van der Waals surface area contributed by atoms with E-state index in [1.807, 2.05) is 24.3 Å². The maximum Gasteiger partial charge on any atom is 0.188 e. The standard InChI is InChI=1S/C21H17BrFN5O/c22-15-7-5-14(6-8-15)18-13-27(11-12-29-18)20-10-9-19-24-25-21(28(19)26-20)16-3-1-2-4-17(16)23/h1-10,18H,11-13H2. The van der Waals surface area contributed by atoms with Gasteiger partial charge in [0.05, 0.1) is 12.2 Å². The number of morpholine rings is 1. The summed E-state index contributed by atoms with van der Waals surface area (Å²) in [6.07, 6.45) is -0.0405. The Bertz CT molecular complexity index is 1160. The lowest BCUT2D eigenvalue weighted by molar-refractivity contribution is 0.0394. The lowest BCUT2D eigenvalue weighted by atomic mass is 10.1. The van der Waals surface area contributed by atoms with Crippen molar-refractivity contribution in [2.45, 2.75) is 6.10 Å². The van der Waals surface area contributed by atoms with Gasteiger partial charge in [-0.15, -0.1) is 15.3 Å². The molecule has 1 fully saturated rings. The molecular weight excluding hydrogens is 437 g/mol. The first-order valence-electron chi connectivity index (χ1n) is 9.28. The van der Waals surface area contributed by atoms with Crippen molar-refractivity contribution in [2.24, 2.45) is 0 Å². The van der Waals surface area contributed by atoms with Crippen LogP contribution >= 0.6 is 15.9 Å². The molecule has 1 saturated heterocycles. The molecule has 1 aliphatic rings. The van der Waals surface area contributed by atoms with E-state index in [1.54, 1.807) is 22.7 Å². The average molecular weight is 454 g/mol. The molecule has 0 saturated carbocycles. The summed E-state index contributed by atoms with van der Waals surface area (Å²) in [7, 11) is 0. The van der Waals surface area contributed by atoms with Crippen molar-refractivity contribution in [2.75, 3.05) is 24.6 Å². The first-order chi connectivity index (χ1) is 14.2. The monoisotopic (exact) mass is 453 g/mol. The molecule has 1 aliphatic heterocycles. The fourth-order valence-corrected chi connectivity index (χ4v) is 3.76. The fourth-order valence-electron chi connectivity index (χ4n) is 3.49. The molecule has 0 spiro atoms. The molecule has 2 aromatic carbocycles. The summed E-state index contributed by atoms with van der Waals surface area (Å²) < 4.78 is 22.9. The molecule has 3 heterocycles. The lowest BCUT2D eigenvalue weighted by Crippen LogP contribution is -2.39. The normalized spacial score (nSPS) is 17.0. The van der Waals surface area contributed by atoms with Crippen LogP contribution in [0, 0.1) is 5.82 Å². The molecule has 1 unspecified atom stereocenters. The van der Waals surface area contributed by atoms with Crippen LogP contribution in [0.3, 0.4) is 0 Å². The predicted molar refractivity (Wildman–Crippen MR) is 111 cm³/mol. The van der Waals surface area contributed by atoms with Gasteiger partial charge in [-0.2, -0.15) is 4.52 Å². The second kappa shape index (κ2) is 7.53. The van der Waals surface area contributed by atoms with Crippen molar-refractivity contribution in [1.29, 1.82) is 0 Å². The Labute approximate surface area is 175 Å². The van der Waals surface area contributed by atoms with E-state index in [0.29, 0.717) is 30.2 Å². The molecule has 4 aromatic rings. The maximum atomic E-state index is 14.3. The minimum Gasteiger partial charge on any atom is -0.370 e. The predicted octanol–water partition coefficient (Wildman–Crippen LogP) is 4.27. The lowest BCUT2D eigenvalue weighted by Gasteiger charge is -2.33. The highest BCUT2D eigenvalue weighted by Crippen LogP contribution is 2.27. The first-order valence-corrected chi connectivity index (χ1v) is 10.1. The van der Waals surface area contributed by atoms with Gasteiger partial charge in [0.25, 0.3) is 0 Å². The van der Waals surface area contributed by atoms with E-state index in [1.165, 1.54) is 6.07 Å². The van der Waals surface area contributed by atoms with Crippen molar-refractivity contribution in [3.8, 4) is 11.4 Å². The van der Waals surface area contributed by atoms with Gasteiger partial charge in [-0.05, 0) is 42.0 Å². The van der Waals surface area contributed by atoms with E-state index in [9.17, 15) is 4.39 Å². The number of hydrogen-bond acceptors (Lipinski definition) is 5. The van der Waals surface area contributed by atoms with Gasteiger partial charge < -0.3 is 9.64 Å². The minimum absolute atomic E-state index is 0.0405. The number of aromatic nitrogens is 4. The molecule has 1 atom stereocenters. The zero-order valence-electron chi connectivity index (χ0n) is 15.4. The molecule has 0 radical (unpaired) electrons. The smallest absolute Gasteiger partial charge is 0.188 e. The Hall–Kier alpha value is -2.84. The molecule has 29 heavy (non-hydrogen) atoms. The fraction of sp³-hybridized carbons (Fsp3) is 0.190. The largest absolute Gasteiger partial charge is 0.370 e. The van der Waals surface area contributed by atoms with E-state index in [0.717, 1.165) is 22.4 Å². The van der Waals surface area contributed by atoms with Crippen LogP contribution in [0.1, 0.15) is 11.7 Å². The third kappa shape index (κ3) is 3.49. The summed E-state index contributed by atoms with van der Waals surface area (Å²) in [5.74, 6) is 0.814. The van der Waals surface area contributed by atoms with Gasteiger partial charge in [-0.1, -0.05) is 40.2 Å². The van der Waals surface area contributed by atoms with Crippen molar-refractivity contribution >= 4 is 27.4 Å². The molecule has 0 amide bonds.